The fraction of sp³-hybridized carbons (Fsp3) is 0.750. The van der Waals surface area contributed by atoms with E-state index >= 15 is 0 Å². The molecule has 3 rings (SSSR count). The van der Waals surface area contributed by atoms with E-state index in [0.717, 1.165) is 18.4 Å². The molecule has 3 atom stereocenters. The predicted octanol–water partition coefficient (Wildman–Crippen LogP) is 3.74. The van der Waals surface area contributed by atoms with Crippen molar-refractivity contribution in [3.8, 4) is 0 Å². The average Bonchev–Trinajstić information content (AvgIpc) is 2.95. The van der Waals surface area contributed by atoms with Gasteiger partial charge in [-0.05, 0) is 49.1 Å². The Morgan fingerprint density at radius 1 is 1.44 bits per heavy atom. The van der Waals surface area contributed by atoms with E-state index in [9.17, 15) is 0 Å². The number of hydrogen-bond acceptors (Lipinski definition) is 1. The van der Waals surface area contributed by atoms with Gasteiger partial charge < -0.3 is 10.3 Å². The Labute approximate surface area is 111 Å². The van der Waals surface area contributed by atoms with Crippen molar-refractivity contribution in [3.05, 3.63) is 23.0 Å². The number of aromatic nitrogens is 1. The zero-order valence-electron chi connectivity index (χ0n) is 12.2. The van der Waals surface area contributed by atoms with Gasteiger partial charge in [0.1, 0.15) is 0 Å². The Bertz CT molecular complexity index is 470. The van der Waals surface area contributed by atoms with Crippen molar-refractivity contribution in [2.24, 2.45) is 17.1 Å². The molecule has 2 nitrogen and oxygen atoms in total. The highest BCUT2D eigenvalue weighted by molar-refractivity contribution is 5.35. The summed E-state index contributed by atoms with van der Waals surface area (Å²) in [4.78, 5) is 0. The Kier molecular flexibility index (Phi) is 2.64. The largest absolute Gasteiger partial charge is 0.345 e. The van der Waals surface area contributed by atoms with Crippen LogP contribution in [0.25, 0.3) is 0 Å². The van der Waals surface area contributed by atoms with E-state index in [1.54, 1.807) is 0 Å². The molecule has 2 aliphatic rings. The average molecular weight is 246 g/mol. The highest BCUT2D eigenvalue weighted by Gasteiger charge is 2.41. The van der Waals surface area contributed by atoms with Gasteiger partial charge in [-0.15, -0.1) is 0 Å². The van der Waals surface area contributed by atoms with Crippen molar-refractivity contribution in [2.75, 3.05) is 0 Å². The molecule has 100 valence electrons. The lowest BCUT2D eigenvalue weighted by molar-refractivity contribution is 0.274. The minimum Gasteiger partial charge on any atom is -0.345 e. The molecule has 3 unspecified atom stereocenters. The summed E-state index contributed by atoms with van der Waals surface area (Å²) in [5.41, 5.74) is 11.1. The SMILES string of the molecule is CCC1CC1n1c(C)cc2c1CC(C)(C)CC2N. The van der Waals surface area contributed by atoms with Crippen LogP contribution in [0.3, 0.4) is 0 Å². The fourth-order valence-electron chi connectivity index (χ4n) is 3.92. The highest BCUT2D eigenvalue weighted by Crippen LogP contribution is 2.50. The maximum Gasteiger partial charge on any atom is 0.0368 e. The number of rotatable bonds is 2. The van der Waals surface area contributed by atoms with Crippen molar-refractivity contribution in [3.63, 3.8) is 0 Å². The summed E-state index contributed by atoms with van der Waals surface area (Å²) in [7, 11) is 0. The van der Waals surface area contributed by atoms with Gasteiger partial charge in [-0.25, -0.2) is 0 Å². The Hall–Kier alpha value is -0.760. The molecule has 1 aromatic rings. The van der Waals surface area contributed by atoms with Gasteiger partial charge in [-0.2, -0.15) is 0 Å². The van der Waals surface area contributed by atoms with E-state index in [1.807, 2.05) is 0 Å². The monoisotopic (exact) mass is 246 g/mol. The van der Waals surface area contributed by atoms with E-state index in [0.29, 0.717) is 5.41 Å². The molecule has 0 aliphatic heterocycles. The molecule has 2 N–H and O–H groups in total. The summed E-state index contributed by atoms with van der Waals surface area (Å²) in [6.45, 7) is 9.27. The number of nitrogens with two attached hydrogens (primary N) is 1. The smallest absolute Gasteiger partial charge is 0.0368 e. The molecule has 0 amide bonds. The number of aryl methyl sites for hydroxylation is 1. The lowest BCUT2D eigenvalue weighted by atomic mass is 9.74. The summed E-state index contributed by atoms with van der Waals surface area (Å²) >= 11 is 0. The van der Waals surface area contributed by atoms with E-state index in [4.69, 9.17) is 5.73 Å². The molecule has 1 heterocycles. The Balaban J connectivity index is 2.02. The van der Waals surface area contributed by atoms with Crippen LogP contribution in [-0.2, 0) is 6.42 Å². The standard InChI is InChI=1S/C16H26N2/c1-5-11-7-14(11)18-10(2)6-12-13(17)8-16(3,4)9-15(12)18/h6,11,13-14H,5,7-9,17H2,1-4H3. The molecule has 0 radical (unpaired) electrons. The molecule has 1 aromatic heterocycles. The van der Waals surface area contributed by atoms with Crippen LogP contribution in [0.5, 0.6) is 0 Å². The summed E-state index contributed by atoms with van der Waals surface area (Å²) in [6.07, 6.45) is 4.99. The Morgan fingerprint density at radius 3 is 2.78 bits per heavy atom. The van der Waals surface area contributed by atoms with E-state index in [1.165, 1.54) is 36.2 Å². The predicted molar refractivity (Wildman–Crippen MR) is 75.6 cm³/mol. The first-order valence-electron chi connectivity index (χ1n) is 7.39. The van der Waals surface area contributed by atoms with Crippen molar-refractivity contribution in [1.82, 2.24) is 4.57 Å². The maximum atomic E-state index is 6.38. The molecule has 0 spiro atoms. The maximum absolute atomic E-state index is 6.38. The van der Waals surface area contributed by atoms with Crippen LogP contribution in [0.4, 0.5) is 0 Å². The van der Waals surface area contributed by atoms with Gasteiger partial charge in [0, 0.05) is 23.5 Å². The molecule has 2 aliphatic carbocycles. The first kappa shape index (κ1) is 12.3. The number of nitrogens with zero attached hydrogens (tertiary/aromatic N) is 1. The topological polar surface area (TPSA) is 30.9 Å². The van der Waals surface area contributed by atoms with E-state index in [-0.39, 0.29) is 6.04 Å². The highest BCUT2D eigenvalue weighted by atomic mass is 15.1. The molecule has 1 fully saturated rings. The Morgan fingerprint density at radius 2 is 2.17 bits per heavy atom. The first-order chi connectivity index (χ1) is 8.43. The van der Waals surface area contributed by atoms with Crippen LogP contribution in [-0.4, -0.2) is 4.57 Å². The fourth-order valence-corrected chi connectivity index (χ4v) is 3.92. The minimum atomic E-state index is 0.238. The molecule has 1 saturated carbocycles. The summed E-state index contributed by atoms with van der Waals surface area (Å²) in [6, 6.07) is 3.35. The zero-order valence-corrected chi connectivity index (χ0v) is 12.2. The summed E-state index contributed by atoms with van der Waals surface area (Å²) in [5, 5.41) is 0. The molecule has 18 heavy (non-hydrogen) atoms. The van der Waals surface area contributed by atoms with Gasteiger partial charge in [0.15, 0.2) is 0 Å². The molecular weight excluding hydrogens is 220 g/mol. The molecule has 2 heteroatoms. The van der Waals surface area contributed by atoms with Crippen molar-refractivity contribution < 1.29 is 0 Å². The van der Waals surface area contributed by atoms with Gasteiger partial charge >= 0.3 is 0 Å². The second-order valence-electron chi connectivity index (χ2n) is 7.18. The summed E-state index contributed by atoms with van der Waals surface area (Å²) < 4.78 is 2.62. The zero-order chi connectivity index (χ0) is 13.1. The third kappa shape index (κ3) is 1.82. The third-order valence-corrected chi connectivity index (χ3v) is 4.93. The second kappa shape index (κ2) is 3.86. The van der Waals surface area contributed by atoms with Crippen LogP contribution in [0, 0.1) is 18.3 Å². The number of hydrogen-bond donors (Lipinski definition) is 1. The minimum absolute atomic E-state index is 0.238. The van der Waals surface area contributed by atoms with Crippen molar-refractivity contribution in [1.29, 1.82) is 0 Å². The molecule has 0 saturated heterocycles. The van der Waals surface area contributed by atoms with Gasteiger partial charge in [-0.3, -0.25) is 0 Å². The van der Waals surface area contributed by atoms with Gasteiger partial charge in [0.25, 0.3) is 0 Å². The van der Waals surface area contributed by atoms with Crippen LogP contribution < -0.4 is 5.73 Å². The normalized spacial score (nSPS) is 33.3. The van der Waals surface area contributed by atoms with Crippen LogP contribution >= 0.6 is 0 Å². The van der Waals surface area contributed by atoms with Gasteiger partial charge in [0.2, 0.25) is 0 Å². The second-order valence-corrected chi connectivity index (χ2v) is 7.18. The quantitative estimate of drug-likeness (QED) is 0.846. The summed E-state index contributed by atoms with van der Waals surface area (Å²) in [5.74, 6) is 0.904. The molecule has 0 bridgehead atoms. The lowest BCUT2D eigenvalue weighted by Gasteiger charge is -2.34. The van der Waals surface area contributed by atoms with Crippen molar-refractivity contribution in [2.45, 2.75) is 65.5 Å². The van der Waals surface area contributed by atoms with E-state index < -0.39 is 0 Å². The van der Waals surface area contributed by atoms with Crippen LogP contribution in [0.2, 0.25) is 0 Å². The lowest BCUT2D eigenvalue weighted by Crippen LogP contribution is -2.30. The number of fused-ring (bicyclic) bond motifs is 1. The first-order valence-corrected chi connectivity index (χ1v) is 7.39. The third-order valence-electron chi connectivity index (χ3n) is 4.93. The van der Waals surface area contributed by atoms with Gasteiger partial charge in [-0.1, -0.05) is 27.2 Å². The molecule has 0 aromatic carbocycles. The van der Waals surface area contributed by atoms with Crippen LogP contribution in [0.15, 0.2) is 6.07 Å². The van der Waals surface area contributed by atoms with E-state index in [2.05, 4.69) is 38.3 Å². The molecular formula is C16H26N2. The van der Waals surface area contributed by atoms with Gasteiger partial charge in [0.05, 0.1) is 0 Å². The van der Waals surface area contributed by atoms with Crippen LogP contribution in [0.1, 0.15) is 69.1 Å². The van der Waals surface area contributed by atoms with Crippen molar-refractivity contribution >= 4 is 0 Å².